The molecule has 6 heteroatoms. The van der Waals surface area contributed by atoms with Crippen LogP contribution in [-0.4, -0.2) is 24.7 Å². The number of nitrogens with two attached hydrogens (primary N) is 1. The molecule has 0 aromatic rings. The highest BCUT2D eigenvalue weighted by molar-refractivity contribution is 7.93. The molecule has 0 saturated heterocycles. The summed E-state index contributed by atoms with van der Waals surface area (Å²) in [4.78, 5) is 0.00820. The molecule has 0 radical (unpaired) electrons. The molecule has 0 bridgehead atoms. The first-order valence-corrected chi connectivity index (χ1v) is 7.11. The minimum Gasteiger partial charge on any atom is -0.392 e. The molecule has 4 nitrogen and oxygen atoms in total. The largest absolute Gasteiger partial charge is 0.392 e. The topological polar surface area (TPSA) is 72.2 Å². The van der Waals surface area contributed by atoms with E-state index in [0.717, 1.165) is 19.3 Å². The first-order chi connectivity index (χ1) is 6.85. The lowest BCUT2D eigenvalue weighted by atomic mass is 10.1. The van der Waals surface area contributed by atoms with Gasteiger partial charge in [0.05, 0.1) is 4.99 Å². The van der Waals surface area contributed by atoms with Crippen molar-refractivity contribution in [2.24, 2.45) is 5.73 Å². The molecule has 2 atom stereocenters. The van der Waals surface area contributed by atoms with Crippen LogP contribution in [0.15, 0.2) is 0 Å². The molecule has 0 aliphatic heterocycles. The van der Waals surface area contributed by atoms with E-state index in [0.29, 0.717) is 0 Å². The molecule has 0 heterocycles. The molecule has 0 amide bonds. The van der Waals surface area contributed by atoms with Crippen molar-refractivity contribution in [3.05, 3.63) is 0 Å². The summed E-state index contributed by atoms with van der Waals surface area (Å²) < 4.78 is 26.1. The molecule has 0 aromatic heterocycles. The Morgan fingerprint density at radius 1 is 1.47 bits per heavy atom. The van der Waals surface area contributed by atoms with Crippen molar-refractivity contribution >= 4 is 27.2 Å². The Labute approximate surface area is 97.7 Å². The lowest BCUT2D eigenvalue weighted by molar-refractivity contribution is 0.511. The van der Waals surface area contributed by atoms with Crippen molar-refractivity contribution in [3.63, 3.8) is 0 Å². The van der Waals surface area contributed by atoms with Gasteiger partial charge in [0, 0.05) is 6.04 Å². The lowest BCUT2D eigenvalue weighted by Crippen LogP contribution is -2.44. The molecule has 3 N–H and O–H groups in total. The van der Waals surface area contributed by atoms with Gasteiger partial charge < -0.3 is 5.73 Å². The molecule has 0 rings (SSSR count). The number of sulfonamides is 1. The molecule has 0 aromatic carbocycles. The van der Waals surface area contributed by atoms with Gasteiger partial charge in [-0.2, -0.15) is 0 Å². The Morgan fingerprint density at radius 3 is 2.33 bits per heavy atom. The van der Waals surface area contributed by atoms with Gasteiger partial charge in [-0.05, 0) is 19.8 Å². The molecule has 0 aliphatic carbocycles. The summed E-state index contributed by atoms with van der Waals surface area (Å²) in [5.74, 6) is 0. The van der Waals surface area contributed by atoms with Crippen LogP contribution < -0.4 is 10.5 Å². The van der Waals surface area contributed by atoms with Crippen molar-refractivity contribution in [1.82, 2.24) is 4.72 Å². The zero-order valence-corrected chi connectivity index (χ0v) is 11.1. The quantitative estimate of drug-likeness (QED) is 0.667. The summed E-state index contributed by atoms with van der Waals surface area (Å²) in [6.07, 6.45) is 2.55. The van der Waals surface area contributed by atoms with Crippen LogP contribution >= 0.6 is 12.2 Å². The molecule has 15 heavy (non-hydrogen) atoms. The van der Waals surface area contributed by atoms with Crippen molar-refractivity contribution in [3.8, 4) is 0 Å². The number of thiocarbonyl (C=S) groups is 1. The Balaban J connectivity index is 4.55. The average Bonchev–Trinajstić information content (AvgIpc) is 2.15. The van der Waals surface area contributed by atoms with E-state index in [1.165, 1.54) is 6.92 Å². The highest BCUT2D eigenvalue weighted by atomic mass is 32.2. The molecule has 0 saturated carbocycles. The van der Waals surface area contributed by atoms with E-state index in [1.54, 1.807) is 0 Å². The minimum atomic E-state index is -3.41. The number of hydrogen-bond donors (Lipinski definition) is 2. The van der Waals surface area contributed by atoms with Gasteiger partial charge in [-0.1, -0.05) is 32.5 Å². The van der Waals surface area contributed by atoms with Crippen LogP contribution in [0.3, 0.4) is 0 Å². The minimum absolute atomic E-state index is 0.00820. The third-order valence-electron chi connectivity index (χ3n) is 2.33. The maximum absolute atomic E-state index is 11.7. The van der Waals surface area contributed by atoms with Crippen LogP contribution in [-0.2, 0) is 10.0 Å². The van der Waals surface area contributed by atoms with Gasteiger partial charge in [0.2, 0.25) is 10.0 Å². The Hall–Kier alpha value is -0.200. The van der Waals surface area contributed by atoms with Gasteiger partial charge in [0.25, 0.3) is 0 Å². The zero-order valence-electron chi connectivity index (χ0n) is 9.49. The second-order valence-electron chi connectivity index (χ2n) is 3.60. The zero-order chi connectivity index (χ0) is 12.1. The highest BCUT2D eigenvalue weighted by Gasteiger charge is 2.25. The maximum Gasteiger partial charge on any atom is 0.220 e. The van der Waals surface area contributed by atoms with Gasteiger partial charge in [0.15, 0.2) is 0 Å². The van der Waals surface area contributed by atoms with Crippen LogP contribution in [0.5, 0.6) is 0 Å². The van der Waals surface area contributed by atoms with E-state index >= 15 is 0 Å². The van der Waals surface area contributed by atoms with Gasteiger partial charge in [-0.25, -0.2) is 13.1 Å². The average molecular weight is 252 g/mol. The van der Waals surface area contributed by atoms with Crippen LogP contribution in [0.4, 0.5) is 0 Å². The van der Waals surface area contributed by atoms with Crippen LogP contribution in [0.2, 0.25) is 0 Å². The number of hydrogen-bond acceptors (Lipinski definition) is 3. The Kier molecular flexibility index (Phi) is 6.31. The number of nitrogens with one attached hydrogen (secondary N) is 1. The fourth-order valence-corrected chi connectivity index (χ4v) is 2.82. The second-order valence-corrected chi connectivity index (χ2v) is 6.11. The molecule has 0 spiro atoms. The fourth-order valence-electron chi connectivity index (χ4n) is 1.18. The van der Waals surface area contributed by atoms with Crippen molar-refractivity contribution < 1.29 is 8.42 Å². The summed E-state index contributed by atoms with van der Waals surface area (Å²) in [6, 6.07) is -0.0169. The third-order valence-corrected chi connectivity index (χ3v) is 4.68. The second kappa shape index (κ2) is 6.40. The molecule has 0 fully saturated rings. The Bertz CT molecular complexity index is 301. The summed E-state index contributed by atoms with van der Waals surface area (Å²) in [7, 11) is -3.41. The van der Waals surface area contributed by atoms with Crippen molar-refractivity contribution in [2.75, 3.05) is 0 Å². The van der Waals surface area contributed by atoms with E-state index in [4.69, 9.17) is 5.73 Å². The molecular weight excluding hydrogens is 232 g/mol. The summed E-state index contributed by atoms with van der Waals surface area (Å²) in [5.41, 5.74) is 5.33. The smallest absolute Gasteiger partial charge is 0.220 e. The monoisotopic (exact) mass is 252 g/mol. The van der Waals surface area contributed by atoms with Crippen molar-refractivity contribution in [1.29, 1.82) is 0 Å². The summed E-state index contributed by atoms with van der Waals surface area (Å²) in [5, 5.41) is -0.807. The van der Waals surface area contributed by atoms with Gasteiger partial charge in [-0.3, -0.25) is 0 Å². The van der Waals surface area contributed by atoms with E-state index < -0.39 is 15.3 Å². The van der Waals surface area contributed by atoms with Crippen molar-refractivity contribution in [2.45, 2.75) is 51.3 Å². The molecule has 90 valence electrons. The van der Waals surface area contributed by atoms with Gasteiger partial charge >= 0.3 is 0 Å². The van der Waals surface area contributed by atoms with E-state index in [9.17, 15) is 8.42 Å². The third kappa shape index (κ3) is 4.90. The lowest BCUT2D eigenvalue weighted by Gasteiger charge is -2.19. The fraction of sp³-hybridized carbons (Fsp3) is 0.889. The number of rotatable bonds is 7. The Morgan fingerprint density at radius 2 is 2.00 bits per heavy atom. The van der Waals surface area contributed by atoms with E-state index in [1.807, 2.05) is 13.8 Å². The van der Waals surface area contributed by atoms with E-state index in [2.05, 4.69) is 16.9 Å². The normalized spacial score (nSPS) is 15.9. The molecular formula is C9H20N2O2S2. The molecule has 2 unspecified atom stereocenters. The van der Waals surface area contributed by atoms with Crippen LogP contribution in [0.25, 0.3) is 0 Å². The molecule has 0 aliphatic rings. The predicted octanol–water partition coefficient (Wildman–Crippen LogP) is 1.16. The summed E-state index contributed by atoms with van der Waals surface area (Å²) >= 11 is 4.68. The van der Waals surface area contributed by atoms with Gasteiger partial charge in [-0.15, -0.1) is 0 Å². The van der Waals surface area contributed by atoms with Crippen LogP contribution in [0, 0.1) is 0 Å². The van der Waals surface area contributed by atoms with Crippen LogP contribution in [0.1, 0.15) is 40.0 Å². The summed E-state index contributed by atoms with van der Waals surface area (Å²) in [6.45, 7) is 5.48. The standard InChI is InChI=1S/C9H20N2O2S2/c1-4-6-8(5-2)11-15(12,13)7(3)9(10)14/h7-8,11H,4-6H2,1-3H3,(H2,10,14). The SMILES string of the molecule is CCCC(CC)NS(=O)(=O)C(C)C(N)=S. The first-order valence-electron chi connectivity index (χ1n) is 5.15. The first kappa shape index (κ1) is 14.8. The van der Waals surface area contributed by atoms with Gasteiger partial charge in [0.1, 0.15) is 5.25 Å². The van der Waals surface area contributed by atoms with E-state index in [-0.39, 0.29) is 11.0 Å². The predicted molar refractivity (Wildman–Crippen MR) is 67.3 cm³/mol. The maximum atomic E-state index is 11.7. The highest BCUT2D eigenvalue weighted by Crippen LogP contribution is 2.06.